The quantitative estimate of drug-likeness (QED) is 0.562. The zero-order valence-corrected chi connectivity index (χ0v) is 17.3. The minimum Gasteiger partial charge on any atom is -0.472 e. The smallest absolute Gasteiger partial charge is 0.316 e. The summed E-state index contributed by atoms with van der Waals surface area (Å²) >= 11 is 0. The molecule has 0 unspecified atom stereocenters. The Bertz CT molecular complexity index is 860. The molecule has 1 aromatic rings. The molecule has 2 saturated carbocycles. The molecule has 2 aliphatic heterocycles. The monoisotopic (exact) mass is 420 g/mol. The van der Waals surface area contributed by atoms with Crippen LogP contribution in [0.3, 0.4) is 0 Å². The fraction of sp³-hybridized carbons (Fsp3) is 0.727. The van der Waals surface area contributed by atoms with Gasteiger partial charge in [-0.15, -0.1) is 0 Å². The summed E-state index contributed by atoms with van der Waals surface area (Å²) in [5, 5.41) is 23.8. The Morgan fingerprint density at radius 1 is 1.37 bits per heavy atom. The van der Waals surface area contributed by atoms with Crippen molar-refractivity contribution in [2.45, 2.75) is 69.4 Å². The van der Waals surface area contributed by atoms with Crippen LogP contribution in [-0.4, -0.2) is 52.7 Å². The minimum atomic E-state index is -1.64. The van der Waals surface area contributed by atoms with Crippen LogP contribution in [-0.2, 0) is 23.8 Å². The van der Waals surface area contributed by atoms with Gasteiger partial charge in [-0.25, -0.2) is 0 Å². The van der Waals surface area contributed by atoms with Crippen molar-refractivity contribution in [1.29, 1.82) is 0 Å². The fourth-order valence-corrected chi connectivity index (χ4v) is 6.89. The van der Waals surface area contributed by atoms with Crippen LogP contribution in [0.15, 0.2) is 23.0 Å². The molecule has 4 fully saturated rings. The maximum Gasteiger partial charge on any atom is 0.316 e. The highest BCUT2D eigenvalue weighted by Crippen LogP contribution is 2.72. The number of cyclic esters (lactones) is 1. The van der Waals surface area contributed by atoms with E-state index in [-0.39, 0.29) is 25.4 Å². The van der Waals surface area contributed by atoms with Gasteiger partial charge >= 0.3 is 11.9 Å². The number of ether oxygens (including phenoxy) is 3. The van der Waals surface area contributed by atoms with Crippen molar-refractivity contribution in [3.63, 3.8) is 0 Å². The fourth-order valence-electron chi connectivity index (χ4n) is 6.89. The van der Waals surface area contributed by atoms with E-state index in [1.165, 1.54) is 13.2 Å². The molecule has 5 rings (SSSR count). The predicted octanol–water partition coefficient (Wildman–Crippen LogP) is 1.89. The van der Waals surface area contributed by atoms with Crippen molar-refractivity contribution in [1.82, 2.24) is 0 Å². The predicted molar refractivity (Wildman–Crippen MR) is 101 cm³/mol. The van der Waals surface area contributed by atoms with Gasteiger partial charge in [-0.2, -0.15) is 0 Å². The highest BCUT2D eigenvalue weighted by Gasteiger charge is 2.84. The molecule has 2 spiro atoms. The largest absolute Gasteiger partial charge is 0.472 e. The Balaban J connectivity index is 1.65. The number of furan rings is 1. The van der Waals surface area contributed by atoms with E-state index in [0.717, 1.165) is 5.56 Å². The summed E-state index contributed by atoms with van der Waals surface area (Å²) in [6, 6.07) is 1.75. The van der Waals surface area contributed by atoms with Crippen LogP contribution in [0.5, 0.6) is 0 Å². The summed E-state index contributed by atoms with van der Waals surface area (Å²) in [5.41, 5.74) is -4.25. The van der Waals surface area contributed by atoms with Gasteiger partial charge in [0.05, 0.1) is 36.3 Å². The van der Waals surface area contributed by atoms with Crippen molar-refractivity contribution >= 4 is 11.9 Å². The first-order valence-corrected chi connectivity index (χ1v) is 10.6. The molecule has 30 heavy (non-hydrogen) atoms. The summed E-state index contributed by atoms with van der Waals surface area (Å²) in [6.07, 6.45) is 3.68. The van der Waals surface area contributed by atoms with Crippen molar-refractivity contribution in [3.8, 4) is 0 Å². The van der Waals surface area contributed by atoms with Gasteiger partial charge < -0.3 is 28.8 Å². The van der Waals surface area contributed by atoms with Gasteiger partial charge in [0.2, 0.25) is 0 Å². The Kier molecular flexibility index (Phi) is 4.21. The molecule has 1 aromatic heterocycles. The van der Waals surface area contributed by atoms with Crippen molar-refractivity contribution < 1.29 is 38.4 Å². The van der Waals surface area contributed by atoms with Crippen LogP contribution in [0.4, 0.5) is 0 Å². The van der Waals surface area contributed by atoms with Crippen LogP contribution < -0.4 is 0 Å². The third-order valence-corrected chi connectivity index (χ3v) is 8.43. The maximum atomic E-state index is 13.5. The van der Waals surface area contributed by atoms with Gasteiger partial charge in [-0.05, 0) is 37.7 Å². The lowest BCUT2D eigenvalue weighted by atomic mass is 9.40. The third-order valence-electron chi connectivity index (χ3n) is 8.43. The first-order valence-electron chi connectivity index (χ1n) is 10.6. The van der Waals surface area contributed by atoms with Gasteiger partial charge in [0, 0.05) is 18.9 Å². The van der Waals surface area contributed by atoms with Gasteiger partial charge in [0.25, 0.3) is 0 Å². The molecule has 0 radical (unpaired) electrons. The molecule has 2 aliphatic carbocycles. The number of rotatable bonds is 3. The van der Waals surface area contributed by atoms with Crippen molar-refractivity contribution in [2.75, 3.05) is 13.2 Å². The average molecular weight is 420 g/mol. The summed E-state index contributed by atoms with van der Waals surface area (Å²) in [6.45, 7) is 3.34. The molecule has 2 saturated heterocycles. The Morgan fingerprint density at radius 3 is 2.77 bits per heavy atom. The Labute approximate surface area is 174 Å². The second kappa shape index (κ2) is 6.31. The van der Waals surface area contributed by atoms with Crippen LogP contribution in [0.25, 0.3) is 0 Å². The summed E-state index contributed by atoms with van der Waals surface area (Å²) < 4.78 is 22.2. The lowest BCUT2D eigenvalue weighted by Gasteiger charge is -2.65. The second-order valence-electron chi connectivity index (χ2n) is 9.53. The normalized spacial score (nSPS) is 47.2. The van der Waals surface area contributed by atoms with E-state index >= 15 is 0 Å². The molecule has 8 nitrogen and oxygen atoms in total. The molecule has 0 aromatic carbocycles. The van der Waals surface area contributed by atoms with E-state index in [9.17, 15) is 19.8 Å². The second-order valence-corrected chi connectivity index (χ2v) is 9.53. The van der Waals surface area contributed by atoms with Crippen LogP contribution in [0.1, 0.15) is 57.6 Å². The molecule has 8 heteroatoms. The van der Waals surface area contributed by atoms with Crippen molar-refractivity contribution in [2.24, 2.45) is 16.7 Å². The lowest BCUT2D eigenvalue weighted by Crippen LogP contribution is -2.78. The molecular weight excluding hydrogens is 392 g/mol. The van der Waals surface area contributed by atoms with Gasteiger partial charge in [0.15, 0.2) is 0 Å². The average Bonchev–Trinajstić information content (AvgIpc) is 3.12. The molecule has 0 bridgehead atoms. The molecule has 2 N–H and O–H groups in total. The number of carbonyl (C=O) groups excluding carboxylic acids is 2. The highest BCUT2D eigenvalue weighted by molar-refractivity contribution is 5.82. The van der Waals surface area contributed by atoms with Gasteiger partial charge in [-0.3, -0.25) is 9.59 Å². The zero-order valence-electron chi connectivity index (χ0n) is 17.3. The SMILES string of the molecule is CC(=O)OC[C@@]12[C@H](O)C[C@@H](C)[C@]3(C[C@@H](c4ccoc4)OC3=O)[C@@]1(O)CCC[C@]21CO1. The standard InChI is InChI=1S/C22H28O8/c1-13-8-17(24)21(12-28-14(2)23)19(11-29-19)5-3-6-22(21,26)20(13)9-16(30-18(20)25)15-4-7-27-10-15/h4,7,10,13,16-17,24,26H,3,5-6,8-9,11-12H2,1-2H3/t13-,16+,17-,19+,20+,21+,22+/m1/s1. The highest BCUT2D eigenvalue weighted by atomic mass is 16.6. The number of carbonyl (C=O) groups is 2. The number of aliphatic hydroxyl groups is 2. The summed E-state index contributed by atoms with van der Waals surface area (Å²) in [7, 11) is 0. The number of aliphatic hydroxyl groups excluding tert-OH is 1. The van der Waals surface area contributed by atoms with E-state index in [4.69, 9.17) is 18.6 Å². The lowest BCUT2D eigenvalue weighted by molar-refractivity contribution is -0.299. The van der Waals surface area contributed by atoms with Crippen LogP contribution >= 0.6 is 0 Å². The number of epoxide rings is 1. The molecule has 3 heterocycles. The molecule has 7 atom stereocenters. The van der Waals surface area contributed by atoms with Gasteiger partial charge in [-0.1, -0.05) is 6.92 Å². The molecule has 4 aliphatic rings. The number of hydrogen-bond donors (Lipinski definition) is 2. The first-order chi connectivity index (χ1) is 14.2. The molecule has 164 valence electrons. The van der Waals surface area contributed by atoms with Crippen LogP contribution in [0.2, 0.25) is 0 Å². The first kappa shape index (κ1) is 20.0. The Morgan fingerprint density at radius 2 is 2.13 bits per heavy atom. The van der Waals surface area contributed by atoms with Crippen molar-refractivity contribution in [3.05, 3.63) is 24.2 Å². The topological polar surface area (TPSA) is 119 Å². The van der Waals surface area contributed by atoms with E-state index in [1.54, 1.807) is 12.3 Å². The minimum absolute atomic E-state index is 0.196. The van der Waals surface area contributed by atoms with E-state index in [1.807, 2.05) is 6.92 Å². The maximum absolute atomic E-state index is 13.5. The summed E-state index contributed by atoms with van der Waals surface area (Å²) in [4.78, 5) is 25.2. The number of esters is 2. The molecule has 0 amide bonds. The number of fused-ring (bicyclic) bond motifs is 3. The number of hydrogen-bond acceptors (Lipinski definition) is 8. The molecular formula is C22H28O8. The third kappa shape index (κ3) is 2.22. The summed E-state index contributed by atoms with van der Waals surface area (Å²) in [5.74, 6) is -1.31. The Hall–Kier alpha value is -1.90. The zero-order chi connectivity index (χ0) is 21.4. The van der Waals surface area contributed by atoms with E-state index in [0.29, 0.717) is 25.9 Å². The van der Waals surface area contributed by atoms with E-state index < -0.39 is 46.2 Å². The van der Waals surface area contributed by atoms with Crippen LogP contribution in [0, 0.1) is 16.7 Å². The van der Waals surface area contributed by atoms with E-state index in [2.05, 4.69) is 0 Å². The van der Waals surface area contributed by atoms with Gasteiger partial charge in [0.1, 0.15) is 23.7 Å².